The summed E-state index contributed by atoms with van der Waals surface area (Å²) in [6, 6.07) is 3.89. The third-order valence-electron chi connectivity index (χ3n) is 3.37. The molecule has 1 aromatic rings. The van der Waals surface area contributed by atoms with Crippen molar-refractivity contribution in [2.75, 3.05) is 33.3 Å². The molecule has 1 fully saturated rings. The lowest BCUT2D eigenvalue weighted by atomic mass is 10.2. The van der Waals surface area contributed by atoms with Crippen LogP contribution < -0.4 is 0 Å². The molecule has 2 rings (SSSR count). The van der Waals surface area contributed by atoms with Crippen molar-refractivity contribution in [1.82, 2.24) is 9.80 Å². The molecular weight excluding hydrogens is 299 g/mol. The molecule has 2 amide bonds. The van der Waals surface area contributed by atoms with E-state index in [9.17, 15) is 14.0 Å². The van der Waals surface area contributed by atoms with Gasteiger partial charge in [-0.3, -0.25) is 4.79 Å². The summed E-state index contributed by atoms with van der Waals surface area (Å²) in [5, 5.41) is 0.311. The Labute approximate surface area is 127 Å². The van der Waals surface area contributed by atoms with Crippen LogP contribution in [0.3, 0.4) is 0 Å². The maximum atomic E-state index is 13.7. The quantitative estimate of drug-likeness (QED) is 0.800. The van der Waals surface area contributed by atoms with Gasteiger partial charge in [0, 0.05) is 31.2 Å². The van der Waals surface area contributed by atoms with Crippen LogP contribution in [-0.2, 0) is 4.74 Å². The Kier molecular flexibility index (Phi) is 5.01. The number of carbonyl (C=O) groups is 2. The number of carbonyl (C=O) groups excluding carboxylic acids is 2. The van der Waals surface area contributed by atoms with E-state index in [0.717, 1.165) is 0 Å². The van der Waals surface area contributed by atoms with Crippen molar-refractivity contribution < 1.29 is 18.7 Å². The standard InChI is InChI=1S/C14H16ClFN2O3/c1-21-14(20)18-6-2-5-17(7-8-18)13(19)11-9-10(15)3-4-12(11)16/h3-4,9H,2,5-8H2,1H3. The monoisotopic (exact) mass is 314 g/mol. The lowest BCUT2D eigenvalue weighted by molar-refractivity contribution is 0.0752. The normalized spacial score (nSPS) is 15.6. The molecule has 0 spiro atoms. The van der Waals surface area contributed by atoms with E-state index in [-0.39, 0.29) is 5.56 Å². The topological polar surface area (TPSA) is 49.9 Å². The average Bonchev–Trinajstić information content (AvgIpc) is 2.74. The molecular formula is C14H16ClFN2O3. The summed E-state index contributed by atoms with van der Waals surface area (Å²) in [6.45, 7) is 1.66. The van der Waals surface area contributed by atoms with Crippen molar-refractivity contribution in [3.05, 3.63) is 34.6 Å². The largest absolute Gasteiger partial charge is 0.453 e. The molecule has 114 valence electrons. The van der Waals surface area contributed by atoms with E-state index in [0.29, 0.717) is 37.6 Å². The smallest absolute Gasteiger partial charge is 0.409 e. The SMILES string of the molecule is COC(=O)N1CCCN(C(=O)c2cc(Cl)ccc2F)CC1. The summed E-state index contributed by atoms with van der Waals surface area (Å²) >= 11 is 5.81. The number of hydrogen-bond acceptors (Lipinski definition) is 3. The van der Waals surface area contributed by atoms with Crippen molar-refractivity contribution in [2.45, 2.75) is 6.42 Å². The van der Waals surface area contributed by atoms with Gasteiger partial charge in [0.05, 0.1) is 12.7 Å². The number of benzene rings is 1. The zero-order valence-electron chi connectivity index (χ0n) is 11.6. The second kappa shape index (κ2) is 6.76. The molecule has 1 heterocycles. The van der Waals surface area contributed by atoms with Gasteiger partial charge < -0.3 is 14.5 Å². The van der Waals surface area contributed by atoms with Crippen molar-refractivity contribution in [1.29, 1.82) is 0 Å². The van der Waals surface area contributed by atoms with Gasteiger partial charge in [0.25, 0.3) is 5.91 Å². The van der Waals surface area contributed by atoms with E-state index in [1.165, 1.54) is 35.1 Å². The summed E-state index contributed by atoms with van der Waals surface area (Å²) in [4.78, 5) is 26.9. The fourth-order valence-electron chi connectivity index (χ4n) is 2.26. The number of rotatable bonds is 1. The van der Waals surface area contributed by atoms with E-state index in [2.05, 4.69) is 4.74 Å². The predicted molar refractivity (Wildman–Crippen MR) is 75.9 cm³/mol. The highest BCUT2D eigenvalue weighted by molar-refractivity contribution is 6.31. The van der Waals surface area contributed by atoms with E-state index in [1.54, 1.807) is 0 Å². The summed E-state index contributed by atoms with van der Waals surface area (Å²) in [7, 11) is 1.32. The summed E-state index contributed by atoms with van der Waals surface area (Å²) in [5.74, 6) is -1.01. The molecule has 1 aliphatic rings. The third-order valence-corrected chi connectivity index (χ3v) is 3.61. The fraction of sp³-hybridized carbons (Fsp3) is 0.429. The van der Waals surface area contributed by atoms with Crippen molar-refractivity contribution >= 4 is 23.6 Å². The lowest BCUT2D eigenvalue weighted by Gasteiger charge is -2.21. The number of ether oxygens (including phenoxy) is 1. The minimum Gasteiger partial charge on any atom is -0.453 e. The molecule has 7 heteroatoms. The Morgan fingerprint density at radius 1 is 1.19 bits per heavy atom. The van der Waals surface area contributed by atoms with Crippen LogP contribution in [0.5, 0.6) is 0 Å². The first-order chi connectivity index (χ1) is 10.0. The molecule has 1 aliphatic heterocycles. The van der Waals surface area contributed by atoms with E-state index in [1.807, 2.05) is 0 Å². The first-order valence-corrected chi connectivity index (χ1v) is 6.98. The molecule has 1 aromatic carbocycles. The lowest BCUT2D eigenvalue weighted by Crippen LogP contribution is -2.37. The molecule has 5 nitrogen and oxygen atoms in total. The number of halogens is 2. The fourth-order valence-corrected chi connectivity index (χ4v) is 2.44. The van der Waals surface area contributed by atoms with Crippen LogP contribution in [-0.4, -0.2) is 55.1 Å². The number of methoxy groups -OCH3 is 1. The van der Waals surface area contributed by atoms with Gasteiger partial charge in [-0.05, 0) is 24.6 Å². The molecule has 0 N–H and O–H groups in total. The predicted octanol–water partition coefficient (Wildman–Crippen LogP) is 2.39. The van der Waals surface area contributed by atoms with Crippen LogP contribution in [0, 0.1) is 5.82 Å². The van der Waals surface area contributed by atoms with Gasteiger partial charge in [-0.25, -0.2) is 9.18 Å². The molecule has 0 unspecified atom stereocenters. The third kappa shape index (κ3) is 3.64. The molecule has 21 heavy (non-hydrogen) atoms. The van der Waals surface area contributed by atoms with Crippen LogP contribution in [0.15, 0.2) is 18.2 Å². The van der Waals surface area contributed by atoms with Crippen LogP contribution in [0.4, 0.5) is 9.18 Å². The molecule has 0 radical (unpaired) electrons. The minimum absolute atomic E-state index is 0.0472. The maximum Gasteiger partial charge on any atom is 0.409 e. The first kappa shape index (κ1) is 15.6. The zero-order chi connectivity index (χ0) is 15.4. The highest BCUT2D eigenvalue weighted by atomic mass is 35.5. The van der Waals surface area contributed by atoms with Crippen LogP contribution >= 0.6 is 11.6 Å². The Hall–Kier alpha value is -1.82. The van der Waals surface area contributed by atoms with Crippen LogP contribution in [0.25, 0.3) is 0 Å². The highest BCUT2D eigenvalue weighted by Gasteiger charge is 2.24. The second-order valence-electron chi connectivity index (χ2n) is 4.73. The average molecular weight is 315 g/mol. The molecule has 0 saturated carbocycles. The van der Waals surface area contributed by atoms with E-state index in [4.69, 9.17) is 11.6 Å². The van der Waals surface area contributed by atoms with Crippen molar-refractivity contribution in [3.8, 4) is 0 Å². The summed E-state index contributed by atoms with van der Waals surface area (Å²) in [5.41, 5.74) is -0.0472. The van der Waals surface area contributed by atoms with Crippen LogP contribution in [0.1, 0.15) is 16.8 Å². The number of amides is 2. The molecule has 0 aliphatic carbocycles. The van der Waals surface area contributed by atoms with Gasteiger partial charge in [-0.1, -0.05) is 11.6 Å². The number of hydrogen-bond donors (Lipinski definition) is 0. The first-order valence-electron chi connectivity index (χ1n) is 6.60. The van der Waals surface area contributed by atoms with E-state index >= 15 is 0 Å². The Morgan fingerprint density at radius 2 is 1.86 bits per heavy atom. The second-order valence-corrected chi connectivity index (χ2v) is 5.16. The van der Waals surface area contributed by atoms with Gasteiger partial charge in [-0.2, -0.15) is 0 Å². The minimum atomic E-state index is -0.599. The van der Waals surface area contributed by atoms with Crippen molar-refractivity contribution in [3.63, 3.8) is 0 Å². The van der Waals surface area contributed by atoms with Gasteiger partial charge >= 0.3 is 6.09 Å². The molecule has 0 atom stereocenters. The van der Waals surface area contributed by atoms with Gasteiger partial charge in [0.2, 0.25) is 0 Å². The van der Waals surface area contributed by atoms with E-state index < -0.39 is 17.8 Å². The van der Waals surface area contributed by atoms with Gasteiger partial charge in [0.15, 0.2) is 0 Å². The Bertz CT molecular complexity index is 553. The van der Waals surface area contributed by atoms with Gasteiger partial charge in [-0.15, -0.1) is 0 Å². The maximum absolute atomic E-state index is 13.7. The summed E-state index contributed by atoms with van der Waals surface area (Å²) < 4.78 is 18.4. The zero-order valence-corrected chi connectivity index (χ0v) is 12.4. The highest BCUT2D eigenvalue weighted by Crippen LogP contribution is 2.18. The van der Waals surface area contributed by atoms with Gasteiger partial charge in [0.1, 0.15) is 5.82 Å². The molecule has 0 bridgehead atoms. The molecule has 1 saturated heterocycles. The Balaban J connectivity index is 2.10. The molecule has 0 aromatic heterocycles. The van der Waals surface area contributed by atoms with Crippen molar-refractivity contribution in [2.24, 2.45) is 0 Å². The Morgan fingerprint density at radius 3 is 2.57 bits per heavy atom. The number of nitrogens with zero attached hydrogens (tertiary/aromatic N) is 2. The summed E-state index contributed by atoms with van der Waals surface area (Å²) in [6.07, 6.45) is 0.196. The van der Waals surface area contributed by atoms with Crippen LogP contribution in [0.2, 0.25) is 5.02 Å².